The molecule has 1 unspecified atom stereocenters. The van der Waals surface area contributed by atoms with E-state index < -0.39 is 0 Å². The van der Waals surface area contributed by atoms with Gasteiger partial charge in [0.25, 0.3) is 5.91 Å². The van der Waals surface area contributed by atoms with E-state index in [-0.39, 0.29) is 17.6 Å². The van der Waals surface area contributed by atoms with Crippen molar-refractivity contribution in [3.8, 4) is 5.88 Å². The number of amides is 1. The normalized spacial score (nSPS) is 20.9. The van der Waals surface area contributed by atoms with Gasteiger partial charge in [0.1, 0.15) is 11.2 Å². The molecule has 7 nitrogen and oxygen atoms in total. The number of pyridine rings is 2. The Balaban J connectivity index is 1.33. The maximum absolute atomic E-state index is 12.7. The maximum Gasteiger partial charge on any atom is 0.259 e. The lowest BCUT2D eigenvalue weighted by Gasteiger charge is -2.53. The molecule has 1 amide bonds. The molecule has 4 rings (SSSR count). The van der Waals surface area contributed by atoms with Crippen LogP contribution in [-0.4, -0.2) is 59.3 Å². The molecule has 2 aliphatic rings. The van der Waals surface area contributed by atoms with E-state index in [0.29, 0.717) is 37.7 Å². The maximum atomic E-state index is 12.7. The van der Waals surface area contributed by atoms with Crippen molar-refractivity contribution in [3.63, 3.8) is 0 Å². The molecule has 27 heavy (non-hydrogen) atoms. The fourth-order valence-electron chi connectivity index (χ4n) is 3.72. The van der Waals surface area contributed by atoms with Crippen LogP contribution < -0.4 is 4.74 Å². The Morgan fingerprint density at radius 2 is 2.11 bits per heavy atom. The van der Waals surface area contributed by atoms with E-state index in [4.69, 9.17) is 14.2 Å². The second-order valence-corrected chi connectivity index (χ2v) is 7.03. The number of likely N-dealkylation sites (tertiary alicyclic amines) is 1. The molecule has 4 heterocycles. The minimum Gasteiger partial charge on any atom is -0.480 e. The number of methoxy groups -OCH3 is 1. The Kier molecular flexibility index (Phi) is 5.05. The molecule has 2 fully saturated rings. The number of carbonyl (C=O) groups is 1. The first-order valence-electron chi connectivity index (χ1n) is 9.12. The molecule has 2 aromatic rings. The van der Waals surface area contributed by atoms with Gasteiger partial charge in [-0.25, -0.2) is 4.98 Å². The van der Waals surface area contributed by atoms with Crippen LogP contribution in [0.3, 0.4) is 0 Å². The van der Waals surface area contributed by atoms with Crippen LogP contribution in [0.5, 0.6) is 5.88 Å². The van der Waals surface area contributed by atoms with E-state index >= 15 is 0 Å². The van der Waals surface area contributed by atoms with Crippen molar-refractivity contribution in [1.82, 2.24) is 14.9 Å². The monoisotopic (exact) mass is 369 g/mol. The fourth-order valence-corrected chi connectivity index (χ4v) is 3.72. The number of aromatic nitrogens is 2. The topological polar surface area (TPSA) is 73.8 Å². The largest absolute Gasteiger partial charge is 0.480 e. The van der Waals surface area contributed by atoms with Crippen molar-refractivity contribution >= 4 is 5.91 Å². The molecule has 1 spiro atoms. The Labute approximate surface area is 158 Å². The second kappa shape index (κ2) is 7.62. The lowest BCUT2D eigenvalue weighted by molar-refractivity contribution is -0.188. The molecule has 1 atom stereocenters. The number of hydrogen-bond acceptors (Lipinski definition) is 6. The third-order valence-corrected chi connectivity index (χ3v) is 5.12. The number of ether oxygens (including phenoxy) is 3. The van der Waals surface area contributed by atoms with Gasteiger partial charge in [0.2, 0.25) is 5.88 Å². The first kappa shape index (κ1) is 17.9. The van der Waals surface area contributed by atoms with Crippen molar-refractivity contribution in [3.05, 3.63) is 54.0 Å². The SMILES string of the molecule is COc1ncccc1C(=O)N1CC2(CC(OCc3ccncc3)CCO2)C1. The van der Waals surface area contributed by atoms with Crippen molar-refractivity contribution < 1.29 is 19.0 Å². The minimum atomic E-state index is -0.299. The molecule has 0 radical (unpaired) electrons. The van der Waals surface area contributed by atoms with Crippen LogP contribution in [0.2, 0.25) is 0 Å². The average Bonchev–Trinajstić information content (AvgIpc) is 2.71. The van der Waals surface area contributed by atoms with E-state index in [9.17, 15) is 4.79 Å². The van der Waals surface area contributed by atoms with E-state index in [1.807, 2.05) is 12.1 Å². The average molecular weight is 369 g/mol. The molecule has 0 N–H and O–H groups in total. The molecule has 142 valence electrons. The molecule has 2 saturated heterocycles. The quantitative estimate of drug-likeness (QED) is 0.803. The Morgan fingerprint density at radius 1 is 1.30 bits per heavy atom. The van der Waals surface area contributed by atoms with Crippen molar-refractivity contribution in [1.29, 1.82) is 0 Å². The predicted octanol–water partition coefficient (Wildman–Crippen LogP) is 2.08. The van der Waals surface area contributed by atoms with Gasteiger partial charge >= 0.3 is 0 Å². The van der Waals surface area contributed by atoms with Crippen LogP contribution in [0.4, 0.5) is 0 Å². The van der Waals surface area contributed by atoms with Crippen LogP contribution in [0.15, 0.2) is 42.9 Å². The zero-order valence-electron chi connectivity index (χ0n) is 15.3. The number of carbonyl (C=O) groups excluding carboxylic acids is 1. The Morgan fingerprint density at radius 3 is 2.89 bits per heavy atom. The van der Waals surface area contributed by atoms with Crippen LogP contribution in [0.25, 0.3) is 0 Å². The van der Waals surface area contributed by atoms with Gasteiger partial charge in [0.15, 0.2) is 0 Å². The molecular formula is C20H23N3O4. The first-order chi connectivity index (χ1) is 13.2. The molecule has 0 bridgehead atoms. The summed E-state index contributed by atoms with van der Waals surface area (Å²) in [6.45, 7) is 2.36. The van der Waals surface area contributed by atoms with Gasteiger partial charge in [-0.15, -0.1) is 0 Å². The van der Waals surface area contributed by atoms with Crippen LogP contribution in [-0.2, 0) is 16.1 Å². The predicted molar refractivity (Wildman–Crippen MR) is 97.4 cm³/mol. The summed E-state index contributed by atoms with van der Waals surface area (Å²) >= 11 is 0. The van der Waals surface area contributed by atoms with E-state index in [1.54, 1.807) is 35.6 Å². The number of rotatable bonds is 5. The van der Waals surface area contributed by atoms with Crippen LogP contribution in [0.1, 0.15) is 28.8 Å². The molecule has 0 saturated carbocycles. The van der Waals surface area contributed by atoms with Gasteiger partial charge in [0, 0.05) is 31.6 Å². The highest BCUT2D eigenvalue weighted by Gasteiger charge is 2.50. The summed E-state index contributed by atoms with van der Waals surface area (Å²) in [7, 11) is 1.52. The molecule has 0 aliphatic carbocycles. The third kappa shape index (κ3) is 3.79. The molecule has 0 aromatic carbocycles. The first-order valence-corrected chi connectivity index (χ1v) is 9.12. The van der Waals surface area contributed by atoms with E-state index in [2.05, 4.69) is 9.97 Å². The fraction of sp³-hybridized carbons (Fsp3) is 0.450. The highest BCUT2D eigenvalue weighted by molar-refractivity contribution is 5.97. The number of hydrogen-bond donors (Lipinski definition) is 0. The zero-order chi connectivity index (χ0) is 18.7. The summed E-state index contributed by atoms with van der Waals surface area (Å²) in [6, 6.07) is 7.40. The smallest absolute Gasteiger partial charge is 0.259 e. The summed E-state index contributed by atoms with van der Waals surface area (Å²) in [6.07, 6.45) is 6.96. The van der Waals surface area contributed by atoms with Gasteiger partial charge in [-0.2, -0.15) is 0 Å². The second-order valence-electron chi connectivity index (χ2n) is 7.03. The summed E-state index contributed by atoms with van der Waals surface area (Å²) in [5.74, 6) is 0.278. The molecule has 7 heteroatoms. The molecular weight excluding hydrogens is 346 g/mol. The summed E-state index contributed by atoms with van der Waals surface area (Å²) in [5, 5.41) is 0. The minimum absolute atomic E-state index is 0.0750. The zero-order valence-corrected chi connectivity index (χ0v) is 15.3. The van der Waals surface area contributed by atoms with Gasteiger partial charge in [-0.3, -0.25) is 9.78 Å². The van der Waals surface area contributed by atoms with Gasteiger partial charge in [-0.05, 0) is 36.2 Å². The van der Waals surface area contributed by atoms with Crippen molar-refractivity contribution in [2.75, 3.05) is 26.8 Å². The molecule has 2 aromatic heterocycles. The lowest BCUT2D eigenvalue weighted by atomic mass is 9.84. The third-order valence-electron chi connectivity index (χ3n) is 5.12. The number of nitrogens with zero attached hydrogens (tertiary/aromatic N) is 3. The van der Waals surface area contributed by atoms with E-state index in [1.165, 1.54) is 7.11 Å². The Bertz CT molecular complexity index is 793. The van der Waals surface area contributed by atoms with Gasteiger partial charge in [-0.1, -0.05) is 0 Å². The Hall–Kier alpha value is -2.51. The summed E-state index contributed by atoms with van der Waals surface area (Å²) in [4.78, 5) is 22.6. The summed E-state index contributed by atoms with van der Waals surface area (Å²) in [5.41, 5.74) is 1.29. The van der Waals surface area contributed by atoms with Crippen LogP contribution in [0, 0.1) is 0 Å². The van der Waals surface area contributed by atoms with Crippen molar-refractivity contribution in [2.24, 2.45) is 0 Å². The van der Waals surface area contributed by atoms with Crippen molar-refractivity contribution in [2.45, 2.75) is 31.2 Å². The standard InChI is InChI=1S/C20H23N3O4/c1-25-18-17(3-2-7-22-18)19(24)23-13-20(14-23)11-16(6-10-27-20)26-12-15-4-8-21-9-5-15/h2-5,7-9,16H,6,10-14H2,1H3. The highest BCUT2D eigenvalue weighted by atomic mass is 16.5. The highest BCUT2D eigenvalue weighted by Crippen LogP contribution is 2.36. The lowest BCUT2D eigenvalue weighted by Crippen LogP contribution is -2.67. The van der Waals surface area contributed by atoms with Crippen LogP contribution >= 0.6 is 0 Å². The van der Waals surface area contributed by atoms with Gasteiger partial charge < -0.3 is 19.1 Å². The van der Waals surface area contributed by atoms with Gasteiger partial charge in [0.05, 0.1) is 32.9 Å². The van der Waals surface area contributed by atoms with E-state index in [0.717, 1.165) is 18.4 Å². The molecule has 2 aliphatic heterocycles. The summed E-state index contributed by atoms with van der Waals surface area (Å²) < 4.78 is 17.3.